The number of para-hydroxylation sites is 1. The zero-order valence-electron chi connectivity index (χ0n) is 15.1. The van der Waals surface area contributed by atoms with Crippen molar-refractivity contribution in [2.24, 2.45) is 0 Å². The molecule has 2 aromatic carbocycles. The van der Waals surface area contributed by atoms with Crippen LogP contribution in [0.15, 0.2) is 72.3 Å². The Morgan fingerprint density at radius 2 is 1.67 bits per heavy atom. The molecule has 27 heavy (non-hydrogen) atoms. The maximum Gasteiger partial charge on any atom is 0.354 e. The Morgan fingerprint density at radius 1 is 1.04 bits per heavy atom. The fourth-order valence-corrected chi connectivity index (χ4v) is 2.25. The van der Waals surface area contributed by atoms with Gasteiger partial charge in [0.05, 0.1) is 5.57 Å². The number of nitrogens with zero attached hydrogens (tertiary/aromatic N) is 1. The fraction of sp³-hybridized carbons (Fsp3) is 0.0952. The first kappa shape index (κ1) is 19.7. The predicted molar refractivity (Wildman–Crippen MR) is 108 cm³/mol. The SMILES string of the molecule is CN(C)c1ccc(/C=C/C=C(/C(=N)C(=O)O)C(=O)Nc2ccccc2)cc1. The number of allylic oxidation sites excluding steroid dienone is 2. The van der Waals surface area contributed by atoms with Gasteiger partial charge in [-0.15, -0.1) is 0 Å². The molecule has 0 aromatic heterocycles. The van der Waals surface area contributed by atoms with E-state index >= 15 is 0 Å². The molecule has 1 amide bonds. The number of hydrogen-bond donors (Lipinski definition) is 3. The van der Waals surface area contributed by atoms with Gasteiger partial charge in [0.15, 0.2) is 5.71 Å². The van der Waals surface area contributed by atoms with E-state index in [0.29, 0.717) is 5.69 Å². The highest BCUT2D eigenvalue weighted by Crippen LogP contribution is 2.14. The molecule has 6 heteroatoms. The summed E-state index contributed by atoms with van der Waals surface area (Å²) in [5.41, 5.74) is 1.47. The van der Waals surface area contributed by atoms with Crippen LogP contribution >= 0.6 is 0 Å². The van der Waals surface area contributed by atoms with E-state index in [9.17, 15) is 9.59 Å². The molecule has 0 saturated carbocycles. The van der Waals surface area contributed by atoms with Crippen molar-refractivity contribution in [3.05, 3.63) is 77.9 Å². The number of nitrogens with one attached hydrogen (secondary N) is 2. The molecule has 138 valence electrons. The number of carboxylic acid groups (broad SMARTS) is 1. The van der Waals surface area contributed by atoms with Gasteiger partial charge in [0, 0.05) is 25.5 Å². The minimum absolute atomic E-state index is 0.229. The Labute approximate surface area is 158 Å². The highest BCUT2D eigenvalue weighted by atomic mass is 16.4. The van der Waals surface area contributed by atoms with Gasteiger partial charge >= 0.3 is 5.97 Å². The number of anilines is 2. The molecular formula is C21H21N3O3. The lowest BCUT2D eigenvalue weighted by Crippen LogP contribution is -2.25. The van der Waals surface area contributed by atoms with Crippen LogP contribution in [0.3, 0.4) is 0 Å². The molecule has 0 radical (unpaired) electrons. The van der Waals surface area contributed by atoms with Gasteiger partial charge in [-0.3, -0.25) is 10.2 Å². The number of carboxylic acids is 1. The van der Waals surface area contributed by atoms with Crippen LogP contribution in [0, 0.1) is 5.41 Å². The van der Waals surface area contributed by atoms with E-state index in [2.05, 4.69) is 5.32 Å². The van der Waals surface area contributed by atoms with Crippen LogP contribution in [0.4, 0.5) is 11.4 Å². The van der Waals surface area contributed by atoms with Crippen molar-refractivity contribution in [3.63, 3.8) is 0 Å². The van der Waals surface area contributed by atoms with E-state index in [-0.39, 0.29) is 5.57 Å². The number of hydrogen-bond acceptors (Lipinski definition) is 4. The van der Waals surface area contributed by atoms with Crippen molar-refractivity contribution < 1.29 is 14.7 Å². The third-order valence-corrected chi connectivity index (χ3v) is 3.72. The second kappa shape index (κ2) is 9.15. The van der Waals surface area contributed by atoms with Crippen LogP contribution in [0.25, 0.3) is 6.08 Å². The van der Waals surface area contributed by atoms with Crippen LogP contribution < -0.4 is 10.2 Å². The first-order valence-electron chi connectivity index (χ1n) is 8.23. The number of aliphatic carboxylic acids is 1. The third kappa shape index (κ3) is 5.67. The molecule has 0 aliphatic heterocycles. The summed E-state index contributed by atoms with van der Waals surface area (Å²) < 4.78 is 0. The third-order valence-electron chi connectivity index (χ3n) is 3.72. The molecule has 0 bridgehead atoms. The molecule has 0 unspecified atom stereocenters. The summed E-state index contributed by atoms with van der Waals surface area (Å²) in [7, 11) is 3.89. The number of amides is 1. The summed E-state index contributed by atoms with van der Waals surface area (Å²) in [4.78, 5) is 25.5. The van der Waals surface area contributed by atoms with Crippen molar-refractivity contribution >= 4 is 35.0 Å². The Hall–Kier alpha value is -3.67. The van der Waals surface area contributed by atoms with Gasteiger partial charge in [0.25, 0.3) is 5.91 Å². The summed E-state index contributed by atoms with van der Waals surface area (Å²) in [6.07, 6.45) is 4.63. The standard InChI is InChI=1S/C21H21N3O3/c1-24(2)17-13-11-15(12-14-17)7-6-10-18(19(22)21(26)27)20(25)23-16-8-4-3-5-9-16/h3-14,22H,1-2H3,(H,23,25)(H,26,27)/b7-6+,18-10-,22-19?. The van der Waals surface area contributed by atoms with Gasteiger partial charge in [-0.1, -0.05) is 42.5 Å². The van der Waals surface area contributed by atoms with Crippen molar-refractivity contribution in [1.29, 1.82) is 5.41 Å². The quantitative estimate of drug-likeness (QED) is 0.399. The predicted octanol–water partition coefficient (Wildman–Crippen LogP) is 3.44. The summed E-state index contributed by atoms with van der Waals surface area (Å²) in [5.74, 6) is -2.12. The molecule has 0 atom stereocenters. The Balaban J connectivity index is 2.21. The molecular weight excluding hydrogens is 342 g/mol. The molecule has 0 fully saturated rings. The Bertz CT molecular complexity index is 883. The topological polar surface area (TPSA) is 93.5 Å². The second-order valence-electron chi connectivity index (χ2n) is 5.93. The molecule has 0 spiro atoms. The Morgan fingerprint density at radius 3 is 2.22 bits per heavy atom. The normalized spacial score (nSPS) is 11.3. The number of carbonyl (C=O) groups excluding carboxylic acids is 1. The van der Waals surface area contributed by atoms with E-state index in [1.165, 1.54) is 6.08 Å². The minimum Gasteiger partial charge on any atom is -0.477 e. The highest BCUT2D eigenvalue weighted by molar-refractivity contribution is 6.48. The van der Waals surface area contributed by atoms with Gasteiger partial charge in [-0.25, -0.2) is 4.79 Å². The van der Waals surface area contributed by atoms with Crippen molar-refractivity contribution in [2.75, 3.05) is 24.3 Å². The Kier molecular flexibility index (Phi) is 6.66. The lowest BCUT2D eigenvalue weighted by atomic mass is 10.1. The lowest BCUT2D eigenvalue weighted by molar-refractivity contribution is -0.129. The average molecular weight is 363 g/mol. The molecule has 0 saturated heterocycles. The lowest BCUT2D eigenvalue weighted by Gasteiger charge is -2.11. The van der Waals surface area contributed by atoms with Crippen LogP contribution in [0.1, 0.15) is 5.56 Å². The van der Waals surface area contributed by atoms with E-state index in [1.807, 2.05) is 43.3 Å². The molecule has 0 heterocycles. The van der Waals surface area contributed by atoms with Crippen LogP contribution in [-0.2, 0) is 9.59 Å². The van der Waals surface area contributed by atoms with E-state index in [4.69, 9.17) is 10.5 Å². The second-order valence-corrected chi connectivity index (χ2v) is 5.93. The van der Waals surface area contributed by atoms with Crippen LogP contribution in [0.2, 0.25) is 0 Å². The smallest absolute Gasteiger partial charge is 0.354 e. The van der Waals surface area contributed by atoms with Gasteiger partial charge in [0.1, 0.15) is 0 Å². The summed E-state index contributed by atoms with van der Waals surface area (Å²) in [6, 6.07) is 16.4. The van der Waals surface area contributed by atoms with Gasteiger partial charge < -0.3 is 15.3 Å². The largest absolute Gasteiger partial charge is 0.477 e. The molecule has 0 aliphatic carbocycles. The zero-order chi connectivity index (χ0) is 19.8. The van der Waals surface area contributed by atoms with Crippen LogP contribution in [-0.4, -0.2) is 36.8 Å². The van der Waals surface area contributed by atoms with E-state index < -0.39 is 17.6 Å². The minimum atomic E-state index is -1.46. The summed E-state index contributed by atoms with van der Waals surface area (Å²) in [6.45, 7) is 0. The van der Waals surface area contributed by atoms with Crippen molar-refractivity contribution in [2.45, 2.75) is 0 Å². The molecule has 2 rings (SSSR count). The zero-order valence-corrected chi connectivity index (χ0v) is 15.1. The molecule has 2 aromatic rings. The van der Waals surface area contributed by atoms with Crippen molar-refractivity contribution in [1.82, 2.24) is 0 Å². The summed E-state index contributed by atoms with van der Waals surface area (Å²) in [5, 5.41) is 19.4. The monoisotopic (exact) mass is 363 g/mol. The van der Waals surface area contributed by atoms with Gasteiger partial charge in [-0.2, -0.15) is 0 Å². The average Bonchev–Trinajstić information content (AvgIpc) is 2.65. The first-order valence-corrected chi connectivity index (χ1v) is 8.23. The fourth-order valence-electron chi connectivity index (χ4n) is 2.25. The van der Waals surface area contributed by atoms with Crippen LogP contribution in [0.5, 0.6) is 0 Å². The molecule has 6 nitrogen and oxygen atoms in total. The molecule has 3 N–H and O–H groups in total. The maximum absolute atomic E-state index is 12.4. The van der Waals surface area contributed by atoms with E-state index in [0.717, 1.165) is 11.3 Å². The number of benzene rings is 2. The molecule has 0 aliphatic rings. The summed E-state index contributed by atoms with van der Waals surface area (Å²) >= 11 is 0. The maximum atomic E-state index is 12.4. The number of carbonyl (C=O) groups is 2. The van der Waals surface area contributed by atoms with Gasteiger partial charge in [0.2, 0.25) is 0 Å². The highest BCUT2D eigenvalue weighted by Gasteiger charge is 2.20. The number of rotatable bonds is 7. The van der Waals surface area contributed by atoms with Crippen molar-refractivity contribution in [3.8, 4) is 0 Å². The van der Waals surface area contributed by atoms with Gasteiger partial charge in [-0.05, 0) is 35.9 Å². The van der Waals surface area contributed by atoms with E-state index in [1.54, 1.807) is 42.5 Å². The first-order chi connectivity index (χ1) is 12.9.